The molecule has 2 atom stereocenters. The summed E-state index contributed by atoms with van der Waals surface area (Å²) >= 11 is 0. The van der Waals surface area contributed by atoms with Gasteiger partial charge in [-0.25, -0.2) is 0 Å². The molecule has 2 unspecified atom stereocenters. The summed E-state index contributed by atoms with van der Waals surface area (Å²) in [5.74, 6) is 0. The van der Waals surface area contributed by atoms with Crippen LogP contribution in [0.2, 0.25) is 0 Å². The van der Waals surface area contributed by atoms with E-state index in [2.05, 4.69) is 0 Å². The highest BCUT2D eigenvalue weighted by molar-refractivity contribution is 5.77. The molecular formula is C12H14O4. The molecule has 0 radical (unpaired) electrons. The molecule has 2 rings (SSSR count). The van der Waals surface area contributed by atoms with E-state index in [4.69, 9.17) is 9.52 Å². The zero-order chi connectivity index (χ0) is 11.5. The summed E-state index contributed by atoms with van der Waals surface area (Å²) in [6.45, 7) is -0.147. The lowest BCUT2D eigenvalue weighted by Gasteiger charge is -2.17. The van der Waals surface area contributed by atoms with Gasteiger partial charge in [-0.05, 0) is 30.2 Å². The summed E-state index contributed by atoms with van der Waals surface area (Å²) in [6.07, 6.45) is -0.198. The Morgan fingerprint density at radius 1 is 1.19 bits per heavy atom. The fourth-order valence-corrected chi connectivity index (χ4v) is 1.68. The Morgan fingerprint density at radius 3 is 2.75 bits per heavy atom. The molecule has 0 spiro atoms. The van der Waals surface area contributed by atoms with Gasteiger partial charge in [0.1, 0.15) is 11.7 Å². The SMILES string of the molecule is OCCC(O)C(O)c1ccc2occc2c1. The van der Waals surface area contributed by atoms with Crippen molar-refractivity contribution >= 4 is 11.0 Å². The van der Waals surface area contributed by atoms with E-state index in [1.165, 1.54) is 0 Å². The fourth-order valence-electron chi connectivity index (χ4n) is 1.68. The molecule has 4 nitrogen and oxygen atoms in total. The number of hydrogen-bond acceptors (Lipinski definition) is 4. The van der Waals surface area contributed by atoms with Crippen LogP contribution in [0.5, 0.6) is 0 Å². The van der Waals surface area contributed by atoms with Gasteiger partial charge in [-0.1, -0.05) is 6.07 Å². The van der Waals surface area contributed by atoms with Gasteiger partial charge in [0.15, 0.2) is 0 Å². The lowest BCUT2D eigenvalue weighted by atomic mass is 10.0. The van der Waals surface area contributed by atoms with Gasteiger partial charge in [-0.15, -0.1) is 0 Å². The van der Waals surface area contributed by atoms with Crippen molar-refractivity contribution in [3.63, 3.8) is 0 Å². The van der Waals surface area contributed by atoms with Crippen molar-refractivity contribution in [3.8, 4) is 0 Å². The van der Waals surface area contributed by atoms with Gasteiger partial charge in [0.05, 0.1) is 12.4 Å². The Labute approximate surface area is 92.7 Å². The Morgan fingerprint density at radius 2 is 2.00 bits per heavy atom. The summed E-state index contributed by atoms with van der Waals surface area (Å²) in [5.41, 5.74) is 1.36. The summed E-state index contributed by atoms with van der Waals surface area (Å²) in [6, 6.07) is 7.02. The highest BCUT2D eigenvalue weighted by Crippen LogP contribution is 2.24. The number of aliphatic hydroxyl groups is 3. The summed E-state index contributed by atoms with van der Waals surface area (Å²) in [4.78, 5) is 0. The van der Waals surface area contributed by atoms with E-state index < -0.39 is 12.2 Å². The molecule has 0 bridgehead atoms. The van der Waals surface area contributed by atoms with Crippen molar-refractivity contribution in [2.75, 3.05) is 6.61 Å². The number of rotatable bonds is 4. The predicted octanol–water partition coefficient (Wildman–Crippen LogP) is 1.21. The van der Waals surface area contributed by atoms with Crippen LogP contribution in [-0.2, 0) is 0 Å². The van der Waals surface area contributed by atoms with E-state index >= 15 is 0 Å². The molecular weight excluding hydrogens is 208 g/mol. The van der Waals surface area contributed by atoms with Gasteiger partial charge in [-0.2, -0.15) is 0 Å². The van der Waals surface area contributed by atoms with Gasteiger partial charge < -0.3 is 19.7 Å². The van der Waals surface area contributed by atoms with Crippen molar-refractivity contribution in [1.29, 1.82) is 0 Å². The normalized spacial score (nSPS) is 15.2. The van der Waals surface area contributed by atoms with Crippen molar-refractivity contribution in [1.82, 2.24) is 0 Å². The quantitative estimate of drug-likeness (QED) is 0.727. The van der Waals surface area contributed by atoms with E-state index in [1.54, 1.807) is 30.5 Å². The molecule has 1 aromatic carbocycles. The number of hydrogen-bond donors (Lipinski definition) is 3. The molecule has 86 valence electrons. The Bertz CT molecular complexity index is 463. The molecule has 0 fully saturated rings. The van der Waals surface area contributed by atoms with Crippen LogP contribution in [0.15, 0.2) is 34.9 Å². The Balaban J connectivity index is 2.24. The molecule has 0 saturated heterocycles. The van der Waals surface area contributed by atoms with Gasteiger partial charge in [0.2, 0.25) is 0 Å². The molecule has 3 N–H and O–H groups in total. The third-order valence-corrected chi connectivity index (χ3v) is 2.61. The van der Waals surface area contributed by atoms with Crippen molar-refractivity contribution in [3.05, 3.63) is 36.1 Å². The van der Waals surface area contributed by atoms with E-state index in [0.717, 1.165) is 11.0 Å². The molecule has 16 heavy (non-hydrogen) atoms. The summed E-state index contributed by atoms with van der Waals surface area (Å²) in [7, 11) is 0. The van der Waals surface area contributed by atoms with E-state index in [9.17, 15) is 10.2 Å². The molecule has 0 aliphatic rings. The maximum atomic E-state index is 9.83. The first-order valence-corrected chi connectivity index (χ1v) is 5.16. The van der Waals surface area contributed by atoms with Crippen LogP contribution in [0.4, 0.5) is 0 Å². The average molecular weight is 222 g/mol. The third-order valence-electron chi connectivity index (χ3n) is 2.61. The van der Waals surface area contributed by atoms with Crippen molar-refractivity contribution in [2.45, 2.75) is 18.6 Å². The zero-order valence-electron chi connectivity index (χ0n) is 8.71. The maximum absolute atomic E-state index is 9.83. The molecule has 0 aliphatic carbocycles. The minimum absolute atomic E-state index is 0.147. The zero-order valence-corrected chi connectivity index (χ0v) is 8.71. The maximum Gasteiger partial charge on any atom is 0.133 e. The number of benzene rings is 1. The molecule has 2 aromatic rings. The van der Waals surface area contributed by atoms with Gasteiger partial charge in [0, 0.05) is 12.0 Å². The molecule has 1 aromatic heterocycles. The Kier molecular flexibility index (Phi) is 3.24. The molecule has 4 heteroatoms. The first kappa shape index (κ1) is 11.1. The van der Waals surface area contributed by atoms with Gasteiger partial charge in [0.25, 0.3) is 0 Å². The second-order valence-corrected chi connectivity index (χ2v) is 3.74. The lowest BCUT2D eigenvalue weighted by Crippen LogP contribution is -2.19. The average Bonchev–Trinajstić information content (AvgIpc) is 2.75. The minimum atomic E-state index is -0.980. The van der Waals surface area contributed by atoms with Crippen LogP contribution < -0.4 is 0 Å². The standard InChI is InChI=1S/C12H14O4/c13-5-3-10(14)12(15)9-1-2-11-8(7-9)4-6-16-11/h1-2,4,6-7,10,12-15H,3,5H2. The molecule has 1 heterocycles. The molecule has 0 saturated carbocycles. The van der Waals surface area contributed by atoms with Crippen molar-refractivity contribution < 1.29 is 19.7 Å². The lowest BCUT2D eigenvalue weighted by molar-refractivity contribution is 0.00428. The number of aliphatic hydroxyl groups excluding tert-OH is 3. The van der Waals surface area contributed by atoms with Crippen LogP contribution in [0.3, 0.4) is 0 Å². The van der Waals surface area contributed by atoms with Crippen LogP contribution in [0.1, 0.15) is 18.1 Å². The van der Waals surface area contributed by atoms with Crippen LogP contribution in [0.25, 0.3) is 11.0 Å². The van der Waals surface area contributed by atoms with Crippen LogP contribution in [0, 0.1) is 0 Å². The topological polar surface area (TPSA) is 73.8 Å². The highest BCUT2D eigenvalue weighted by atomic mass is 16.3. The van der Waals surface area contributed by atoms with E-state index in [-0.39, 0.29) is 13.0 Å². The van der Waals surface area contributed by atoms with Crippen LogP contribution in [-0.4, -0.2) is 28.0 Å². The largest absolute Gasteiger partial charge is 0.464 e. The minimum Gasteiger partial charge on any atom is -0.464 e. The molecule has 0 aliphatic heterocycles. The summed E-state index contributed by atoms with van der Waals surface area (Å²) < 4.78 is 5.18. The first-order chi connectivity index (χ1) is 7.72. The van der Waals surface area contributed by atoms with Gasteiger partial charge in [-0.3, -0.25) is 0 Å². The monoisotopic (exact) mass is 222 g/mol. The van der Waals surface area contributed by atoms with Crippen molar-refractivity contribution in [2.24, 2.45) is 0 Å². The van der Waals surface area contributed by atoms with Crippen LogP contribution >= 0.6 is 0 Å². The second kappa shape index (κ2) is 4.65. The third kappa shape index (κ3) is 2.09. The molecule has 0 amide bonds. The van der Waals surface area contributed by atoms with Gasteiger partial charge >= 0.3 is 0 Å². The number of furan rings is 1. The fraction of sp³-hybridized carbons (Fsp3) is 0.333. The first-order valence-electron chi connectivity index (χ1n) is 5.16. The predicted molar refractivity (Wildman–Crippen MR) is 58.9 cm³/mol. The summed E-state index contributed by atoms with van der Waals surface area (Å²) in [5, 5.41) is 29.0. The van der Waals surface area contributed by atoms with E-state index in [1.807, 2.05) is 0 Å². The Hall–Kier alpha value is -1.36. The second-order valence-electron chi connectivity index (χ2n) is 3.74. The smallest absolute Gasteiger partial charge is 0.133 e. The van der Waals surface area contributed by atoms with E-state index in [0.29, 0.717) is 5.56 Å². The number of fused-ring (bicyclic) bond motifs is 1. The highest BCUT2D eigenvalue weighted by Gasteiger charge is 2.18.